The fraction of sp³-hybridized carbons (Fsp3) is 0.235. The summed E-state index contributed by atoms with van der Waals surface area (Å²) in [6.45, 7) is 13.2. The summed E-state index contributed by atoms with van der Waals surface area (Å²) in [5, 5.41) is 0. The maximum absolute atomic E-state index is 3.31. The van der Waals surface area contributed by atoms with E-state index < -0.39 is 0 Å². The third kappa shape index (κ3) is 5.44. The molecule has 0 N–H and O–H groups in total. The smallest absolute Gasteiger partial charge is 0.0415 e. The van der Waals surface area contributed by atoms with Crippen LogP contribution in [0.1, 0.15) is 86.1 Å². The van der Waals surface area contributed by atoms with Gasteiger partial charge in [0.25, 0.3) is 0 Å². The Labute approximate surface area is 204 Å². The summed E-state index contributed by atoms with van der Waals surface area (Å²) in [6.07, 6.45) is 0. The lowest BCUT2D eigenvalue weighted by atomic mass is 9.85. The lowest BCUT2D eigenvalue weighted by Crippen LogP contribution is -2.11. The lowest BCUT2D eigenvalue weighted by molar-refractivity contribution is 0.590. The number of hydrogen-bond donors (Lipinski definition) is 0. The van der Waals surface area contributed by atoms with Gasteiger partial charge in [0, 0.05) is 33.4 Å². The molecular formula is C34H28. The van der Waals surface area contributed by atoms with Crippen molar-refractivity contribution in [2.75, 3.05) is 0 Å². The van der Waals surface area contributed by atoms with Crippen molar-refractivity contribution in [1.29, 1.82) is 0 Å². The normalized spacial score (nSPS) is 11.8. The van der Waals surface area contributed by atoms with Gasteiger partial charge >= 0.3 is 0 Å². The van der Waals surface area contributed by atoms with Crippen LogP contribution < -0.4 is 0 Å². The summed E-state index contributed by atoms with van der Waals surface area (Å²) < 4.78 is 0. The molecule has 1 aliphatic carbocycles. The van der Waals surface area contributed by atoms with E-state index in [9.17, 15) is 0 Å². The molecule has 0 spiro atoms. The molecule has 0 amide bonds. The molecular weight excluding hydrogens is 408 g/mol. The zero-order chi connectivity index (χ0) is 24.3. The third-order valence-electron chi connectivity index (χ3n) is 5.77. The number of fused-ring (bicyclic) bond motifs is 4. The molecule has 0 aliphatic heterocycles. The van der Waals surface area contributed by atoms with Crippen molar-refractivity contribution >= 4 is 0 Å². The first-order chi connectivity index (χ1) is 16.1. The Kier molecular flexibility index (Phi) is 6.13. The molecule has 2 bridgehead atoms. The van der Waals surface area contributed by atoms with Crippen LogP contribution in [0.2, 0.25) is 0 Å². The highest BCUT2D eigenvalue weighted by Crippen LogP contribution is 2.25. The zero-order valence-electron chi connectivity index (χ0n) is 20.8. The van der Waals surface area contributed by atoms with Gasteiger partial charge < -0.3 is 0 Å². The molecule has 0 aromatic heterocycles. The lowest BCUT2D eigenvalue weighted by Gasteiger charge is -2.19. The molecule has 34 heavy (non-hydrogen) atoms. The third-order valence-corrected chi connectivity index (χ3v) is 5.77. The SMILES string of the molecule is CC(C)(C)c1ccc2c(c1)C#CC#Cc1cc(C(C)(C)C)ccc1C#Cc1cccc(c1)C#C2. The monoisotopic (exact) mass is 436 g/mol. The topological polar surface area (TPSA) is 0 Å². The molecule has 0 heteroatoms. The molecule has 0 radical (unpaired) electrons. The van der Waals surface area contributed by atoms with Gasteiger partial charge in [-0.2, -0.15) is 0 Å². The molecule has 0 saturated heterocycles. The maximum atomic E-state index is 3.31. The number of rotatable bonds is 0. The summed E-state index contributed by atoms with van der Waals surface area (Å²) >= 11 is 0. The molecule has 0 unspecified atom stereocenters. The largest absolute Gasteiger partial charge is 0.0616 e. The van der Waals surface area contributed by atoms with Crippen LogP contribution >= 0.6 is 0 Å². The zero-order valence-corrected chi connectivity index (χ0v) is 20.8. The van der Waals surface area contributed by atoms with E-state index in [2.05, 4.69) is 125 Å². The van der Waals surface area contributed by atoms with Crippen molar-refractivity contribution in [3.63, 3.8) is 0 Å². The molecule has 1 aliphatic rings. The van der Waals surface area contributed by atoms with Gasteiger partial charge in [0.05, 0.1) is 0 Å². The van der Waals surface area contributed by atoms with Gasteiger partial charge in [0.15, 0.2) is 0 Å². The highest BCUT2D eigenvalue weighted by molar-refractivity contribution is 5.59. The Morgan fingerprint density at radius 3 is 1.29 bits per heavy atom. The molecule has 0 heterocycles. The molecule has 0 nitrogen and oxygen atoms in total. The van der Waals surface area contributed by atoms with E-state index in [0.29, 0.717) is 0 Å². The summed E-state index contributed by atoms with van der Waals surface area (Å²) in [4.78, 5) is 0. The Morgan fingerprint density at radius 1 is 0.441 bits per heavy atom. The van der Waals surface area contributed by atoms with Crippen LogP contribution in [0.4, 0.5) is 0 Å². The maximum Gasteiger partial charge on any atom is 0.0415 e. The van der Waals surface area contributed by atoms with E-state index in [1.54, 1.807) is 0 Å². The minimum Gasteiger partial charge on any atom is -0.0616 e. The molecule has 0 saturated carbocycles. The van der Waals surface area contributed by atoms with Gasteiger partial charge in [-0.15, -0.1) is 0 Å². The van der Waals surface area contributed by atoms with Crippen LogP contribution in [0.25, 0.3) is 0 Å². The van der Waals surface area contributed by atoms with Crippen LogP contribution in [-0.4, -0.2) is 0 Å². The van der Waals surface area contributed by atoms with E-state index >= 15 is 0 Å². The number of hydrogen-bond acceptors (Lipinski definition) is 0. The van der Waals surface area contributed by atoms with Gasteiger partial charge in [-0.05, 0) is 76.3 Å². The minimum absolute atomic E-state index is 0.0286. The minimum atomic E-state index is 0.0286. The van der Waals surface area contributed by atoms with Gasteiger partial charge in [-0.1, -0.05) is 95.3 Å². The van der Waals surface area contributed by atoms with Crippen LogP contribution in [0.5, 0.6) is 0 Å². The van der Waals surface area contributed by atoms with E-state index in [-0.39, 0.29) is 10.8 Å². The van der Waals surface area contributed by atoms with Crippen LogP contribution in [0, 0.1) is 47.4 Å². The van der Waals surface area contributed by atoms with Gasteiger partial charge in [-0.3, -0.25) is 0 Å². The van der Waals surface area contributed by atoms with Crippen molar-refractivity contribution in [1.82, 2.24) is 0 Å². The average molecular weight is 437 g/mol. The van der Waals surface area contributed by atoms with Crippen molar-refractivity contribution < 1.29 is 0 Å². The van der Waals surface area contributed by atoms with Crippen molar-refractivity contribution in [3.8, 4) is 47.4 Å². The quantitative estimate of drug-likeness (QED) is 0.340. The Balaban J connectivity index is 1.94. The van der Waals surface area contributed by atoms with E-state index in [1.165, 1.54) is 11.1 Å². The van der Waals surface area contributed by atoms with Gasteiger partial charge in [0.1, 0.15) is 0 Å². The highest BCUT2D eigenvalue weighted by atomic mass is 14.2. The second-order valence-electron chi connectivity index (χ2n) is 10.6. The summed E-state index contributed by atoms with van der Waals surface area (Å²) in [5.74, 6) is 25.9. The second-order valence-corrected chi connectivity index (χ2v) is 10.6. The predicted octanol–water partition coefficient (Wildman–Crippen LogP) is 6.80. The Morgan fingerprint density at radius 2 is 0.882 bits per heavy atom. The molecule has 3 aromatic carbocycles. The van der Waals surface area contributed by atoms with E-state index in [1.807, 2.05) is 24.3 Å². The molecule has 164 valence electrons. The highest BCUT2D eigenvalue weighted by Gasteiger charge is 2.15. The molecule has 4 rings (SSSR count). The average Bonchev–Trinajstić information content (AvgIpc) is 2.78. The summed E-state index contributed by atoms with van der Waals surface area (Å²) in [7, 11) is 0. The fourth-order valence-electron chi connectivity index (χ4n) is 3.60. The molecule has 0 fully saturated rings. The van der Waals surface area contributed by atoms with Crippen LogP contribution in [-0.2, 0) is 10.8 Å². The molecule has 0 atom stereocenters. The number of benzene rings is 3. The Bertz CT molecular complexity index is 1400. The van der Waals surface area contributed by atoms with E-state index in [4.69, 9.17) is 0 Å². The fourth-order valence-corrected chi connectivity index (χ4v) is 3.60. The van der Waals surface area contributed by atoms with Crippen molar-refractivity contribution in [2.45, 2.75) is 52.4 Å². The first-order valence-electron chi connectivity index (χ1n) is 11.5. The first kappa shape index (κ1) is 23.1. The molecule has 3 aromatic rings. The summed E-state index contributed by atoms with van der Waals surface area (Å²) in [6, 6.07) is 20.7. The van der Waals surface area contributed by atoms with Gasteiger partial charge in [0.2, 0.25) is 0 Å². The Hall–Kier alpha value is -4.10. The standard InChI is InChI=1S/C34H28/c1-33(2,3)31-20-18-27-16-14-25-10-9-11-26(22-25)15-17-28-19-21-32(34(4,5)6)24-30(28)13-8-7-12-29(27)23-31/h9-11,18-24H,1-6H3. The van der Waals surface area contributed by atoms with E-state index in [0.717, 1.165) is 33.4 Å². The van der Waals surface area contributed by atoms with Crippen molar-refractivity contribution in [2.24, 2.45) is 0 Å². The van der Waals surface area contributed by atoms with Crippen LogP contribution in [0.15, 0.2) is 60.7 Å². The summed E-state index contributed by atoms with van der Waals surface area (Å²) in [5.41, 5.74) is 7.99. The van der Waals surface area contributed by atoms with Gasteiger partial charge in [-0.25, -0.2) is 0 Å². The first-order valence-corrected chi connectivity index (χ1v) is 11.5. The van der Waals surface area contributed by atoms with Crippen LogP contribution in [0.3, 0.4) is 0 Å². The second kappa shape index (κ2) is 9.03. The van der Waals surface area contributed by atoms with Crippen molar-refractivity contribution in [3.05, 3.63) is 105 Å². The predicted molar refractivity (Wildman–Crippen MR) is 142 cm³/mol.